The zero-order valence-corrected chi connectivity index (χ0v) is 9.77. The molecule has 17 heavy (non-hydrogen) atoms. The average molecular weight is 273 g/mol. The maximum absolute atomic E-state index is 9.55. The van der Waals surface area contributed by atoms with Crippen LogP contribution in [0.25, 0.3) is 0 Å². The first kappa shape index (κ1) is 15.1. The molecule has 0 aromatic rings. The number of hydrogen-bond acceptors (Lipinski definition) is 7. The summed E-state index contributed by atoms with van der Waals surface area (Å²) >= 11 is 5.35. The van der Waals surface area contributed by atoms with E-state index in [1.165, 1.54) is 0 Å². The quantitative estimate of drug-likeness (QED) is 0.348. The van der Waals surface area contributed by atoms with Gasteiger partial charge in [-0.1, -0.05) is 0 Å². The standard InChI is InChI=1S/C9H17ClO7/c10-1-4(12)3-16-9-8(15)7(14)6(13)5(2-11)17-9/h4-9,11-15H,1-3H2/t4-,5-,6-,7+,8-,9+/m1/s1. The van der Waals surface area contributed by atoms with Gasteiger partial charge in [0, 0.05) is 0 Å². The summed E-state index contributed by atoms with van der Waals surface area (Å²) in [6.07, 6.45) is -7.55. The van der Waals surface area contributed by atoms with Crippen LogP contribution in [-0.4, -0.2) is 81.4 Å². The summed E-state index contributed by atoms with van der Waals surface area (Å²) in [5, 5.41) is 46.5. The molecule has 0 aromatic carbocycles. The van der Waals surface area contributed by atoms with Crippen molar-refractivity contribution in [3.05, 3.63) is 0 Å². The van der Waals surface area contributed by atoms with Crippen LogP contribution in [0.15, 0.2) is 0 Å². The fourth-order valence-corrected chi connectivity index (χ4v) is 1.54. The Morgan fingerprint density at radius 1 is 1.18 bits per heavy atom. The van der Waals surface area contributed by atoms with E-state index in [4.69, 9.17) is 31.3 Å². The molecule has 0 aliphatic carbocycles. The Bertz CT molecular complexity index is 227. The van der Waals surface area contributed by atoms with Crippen LogP contribution in [-0.2, 0) is 9.47 Å². The maximum atomic E-state index is 9.55. The van der Waals surface area contributed by atoms with Crippen molar-refractivity contribution in [2.75, 3.05) is 19.1 Å². The topological polar surface area (TPSA) is 120 Å². The van der Waals surface area contributed by atoms with Crippen molar-refractivity contribution in [1.82, 2.24) is 0 Å². The van der Waals surface area contributed by atoms with E-state index in [-0.39, 0.29) is 12.5 Å². The lowest BCUT2D eigenvalue weighted by molar-refractivity contribution is -0.304. The fraction of sp³-hybridized carbons (Fsp3) is 1.00. The molecule has 8 heteroatoms. The van der Waals surface area contributed by atoms with Crippen LogP contribution in [0.3, 0.4) is 0 Å². The minimum absolute atomic E-state index is 0.0442. The molecule has 1 fully saturated rings. The van der Waals surface area contributed by atoms with Crippen LogP contribution < -0.4 is 0 Å². The molecule has 1 heterocycles. The maximum Gasteiger partial charge on any atom is 0.186 e. The molecular weight excluding hydrogens is 256 g/mol. The van der Waals surface area contributed by atoms with Gasteiger partial charge in [-0.2, -0.15) is 0 Å². The number of aliphatic hydroxyl groups excluding tert-OH is 5. The van der Waals surface area contributed by atoms with Gasteiger partial charge in [0.1, 0.15) is 24.4 Å². The van der Waals surface area contributed by atoms with Crippen molar-refractivity contribution >= 4 is 11.6 Å². The molecule has 0 spiro atoms. The lowest BCUT2D eigenvalue weighted by Crippen LogP contribution is -2.59. The molecule has 102 valence electrons. The molecule has 0 saturated carbocycles. The summed E-state index contributed by atoms with van der Waals surface area (Å²) in [7, 11) is 0. The Morgan fingerprint density at radius 3 is 2.35 bits per heavy atom. The highest BCUT2D eigenvalue weighted by Crippen LogP contribution is 2.21. The van der Waals surface area contributed by atoms with Gasteiger partial charge in [0.2, 0.25) is 0 Å². The molecule has 0 unspecified atom stereocenters. The number of aliphatic hydroxyl groups is 5. The average Bonchev–Trinajstić information content (AvgIpc) is 2.34. The van der Waals surface area contributed by atoms with E-state index in [1.807, 2.05) is 0 Å². The first-order chi connectivity index (χ1) is 8.01. The predicted octanol–water partition coefficient (Wildman–Crippen LogP) is -2.60. The minimum Gasteiger partial charge on any atom is -0.394 e. The Kier molecular flexibility index (Phi) is 6.04. The van der Waals surface area contributed by atoms with E-state index >= 15 is 0 Å². The summed E-state index contributed by atoms with van der Waals surface area (Å²) in [5.74, 6) is -0.0442. The molecule has 7 nitrogen and oxygen atoms in total. The van der Waals surface area contributed by atoms with E-state index in [1.54, 1.807) is 0 Å². The van der Waals surface area contributed by atoms with E-state index < -0.39 is 43.4 Å². The van der Waals surface area contributed by atoms with Gasteiger partial charge in [0.25, 0.3) is 0 Å². The van der Waals surface area contributed by atoms with Crippen LogP contribution in [0, 0.1) is 0 Å². The SMILES string of the molecule is OC[C@H]1O[C@H](OC[C@H](O)CCl)[C@H](O)[C@@H](O)[C@@H]1O. The number of hydrogen-bond donors (Lipinski definition) is 5. The molecule has 5 N–H and O–H groups in total. The zero-order chi connectivity index (χ0) is 13.0. The van der Waals surface area contributed by atoms with Crippen molar-refractivity contribution < 1.29 is 35.0 Å². The van der Waals surface area contributed by atoms with Crippen molar-refractivity contribution in [3.63, 3.8) is 0 Å². The summed E-state index contributed by atoms with van der Waals surface area (Å²) in [6.45, 7) is -0.713. The highest BCUT2D eigenvalue weighted by atomic mass is 35.5. The molecule has 1 aliphatic heterocycles. The van der Waals surface area contributed by atoms with Gasteiger partial charge >= 0.3 is 0 Å². The Morgan fingerprint density at radius 2 is 1.82 bits per heavy atom. The molecule has 0 radical (unpaired) electrons. The number of alkyl halides is 1. The molecule has 1 rings (SSSR count). The van der Waals surface area contributed by atoms with Gasteiger partial charge in [0.15, 0.2) is 6.29 Å². The van der Waals surface area contributed by atoms with Crippen molar-refractivity contribution in [2.24, 2.45) is 0 Å². The predicted molar refractivity (Wildman–Crippen MR) is 56.4 cm³/mol. The normalized spacial score (nSPS) is 40.2. The molecule has 6 atom stereocenters. The van der Waals surface area contributed by atoms with Gasteiger partial charge in [-0.25, -0.2) is 0 Å². The van der Waals surface area contributed by atoms with Crippen molar-refractivity contribution in [1.29, 1.82) is 0 Å². The van der Waals surface area contributed by atoms with E-state index in [0.29, 0.717) is 0 Å². The van der Waals surface area contributed by atoms with Crippen LogP contribution >= 0.6 is 11.6 Å². The van der Waals surface area contributed by atoms with Gasteiger partial charge in [-0.15, -0.1) is 11.6 Å². The third kappa shape index (κ3) is 3.73. The van der Waals surface area contributed by atoms with Crippen LogP contribution in [0.1, 0.15) is 0 Å². The molecule has 1 saturated heterocycles. The van der Waals surface area contributed by atoms with E-state index in [2.05, 4.69) is 0 Å². The highest BCUT2D eigenvalue weighted by molar-refractivity contribution is 6.18. The second kappa shape index (κ2) is 6.81. The molecular formula is C9H17ClO7. The Hall–Kier alpha value is 0.01000. The van der Waals surface area contributed by atoms with Gasteiger partial charge in [0.05, 0.1) is 25.2 Å². The third-order valence-electron chi connectivity index (χ3n) is 2.48. The highest BCUT2D eigenvalue weighted by Gasteiger charge is 2.44. The number of ether oxygens (including phenoxy) is 2. The first-order valence-corrected chi connectivity index (χ1v) is 5.70. The number of halogens is 1. The minimum atomic E-state index is -1.49. The van der Waals surface area contributed by atoms with Crippen LogP contribution in [0.2, 0.25) is 0 Å². The second-order valence-corrected chi connectivity index (χ2v) is 4.15. The lowest BCUT2D eigenvalue weighted by atomic mass is 9.99. The van der Waals surface area contributed by atoms with Crippen molar-refractivity contribution in [2.45, 2.75) is 36.8 Å². The summed E-state index contributed by atoms with van der Waals surface area (Å²) < 4.78 is 10.0. The van der Waals surface area contributed by atoms with Gasteiger partial charge in [-0.05, 0) is 0 Å². The van der Waals surface area contributed by atoms with E-state index in [9.17, 15) is 15.3 Å². The lowest BCUT2D eigenvalue weighted by Gasteiger charge is -2.39. The van der Waals surface area contributed by atoms with Gasteiger partial charge in [-0.3, -0.25) is 0 Å². The summed E-state index contributed by atoms with van der Waals surface area (Å²) in [4.78, 5) is 0. The molecule has 1 aliphatic rings. The Labute approximate surface area is 103 Å². The smallest absolute Gasteiger partial charge is 0.186 e. The van der Waals surface area contributed by atoms with Crippen LogP contribution in [0.4, 0.5) is 0 Å². The van der Waals surface area contributed by atoms with Gasteiger partial charge < -0.3 is 35.0 Å². The molecule has 0 amide bonds. The first-order valence-electron chi connectivity index (χ1n) is 5.17. The fourth-order valence-electron chi connectivity index (χ4n) is 1.46. The van der Waals surface area contributed by atoms with Crippen LogP contribution in [0.5, 0.6) is 0 Å². The number of rotatable bonds is 5. The second-order valence-electron chi connectivity index (χ2n) is 3.84. The zero-order valence-electron chi connectivity index (χ0n) is 9.02. The summed E-state index contributed by atoms with van der Waals surface area (Å²) in [5.41, 5.74) is 0. The van der Waals surface area contributed by atoms with E-state index in [0.717, 1.165) is 0 Å². The van der Waals surface area contributed by atoms with Crippen molar-refractivity contribution in [3.8, 4) is 0 Å². The third-order valence-corrected chi connectivity index (χ3v) is 2.84. The summed E-state index contributed by atoms with van der Waals surface area (Å²) in [6, 6.07) is 0. The monoisotopic (exact) mass is 272 g/mol. The molecule has 0 aromatic heterocycles. The Balaban J connectivity index is 2.53. The largest absolute Gasteiger partial charge is 0.394 e. The molecule has 0 bridgehead atoms.